The van der Waals surface area contributed by atoms with Crippen molar-refractivity contribution in [1.82, 2.24) is 0 Å². The van der Waals surface area contributed by atoms with Crippen LogP contribution in [-0.2, 0) is 5.41 Å². The molecule has 4 heteroatoms. The molecule has 0 spiro atoms. The van der Waals surface area contributed by atoms with Crippen molar-refractivity contribution in [3.05, 3.63) is 39.4 Å². The highest BCUT2D eigenvalue weighted by Crippen LogP contribution is 2.38. The molecule has 84 valence electrons. The summed E-state index contributed by atoms with van der Waals surface area (Å²) in [6.07, 6.45) is 1.28. The minimum absolute atomic E-state index is 0.0570. The minimum Gasteiger partial charge on any atom is -0.294 e. The molecule has 0 radical (unpaired) electrons. The van der Waals surface area contributed by atoms with Crippen LogP contribution in [0.25, 0.3) is 0 Å². The van der Waals surface area contributed by atoms with Gasteiger partial charge in [0.1, 0.15) is 0 Å². The Labute approximate surface area is 93.4 Å². The number of carbonyl (C=O) groups excluding carboxylic acids is 1. The van der Waals surface area contributed by atoms with Gasteiger partial charge in [0.05, 0.1) is 4.92 Å². The highest BCUT2D eigenvalue weighted by molar-refractivity contribution is 5.99. The van der Waals surface area contributed by atoms with Crippen LogP contribution < -0.4 is 0 Å². The quantitative estimate of drug-likeness (QED) is 0.539. The summed E-state index contributed by atoms with van der Waals surface area (Å²) in [6, 6.07) is 4.52. The highest BCUT2D eigenvalue weighted by atomic mass is 16.6. The number of benzene rings is 1. The van der Waals surface area contributed by atoms with Crippen molar-refractivity contribution >= 4 is 11.5 Å². The minimum atomic E-state index is -0.421. The van der Waals surface area contributed by atoms with Crippen LogP contribution in [0.15, 0.2) is 18.2 Å². The van der Waals surface area contributed by atoms with E-state index in [-0.39, 0.29) is 16.9 Å². The lowest BCUT2D eigenvalue weighted by molar-refractivity contribution is -0.385. The first-order valence-corrected chi connectivity index (χ1v) is 5.24. The maximum Gasteiger partial charge on any atom is 0.269 e. The molecule has 0 fully saturated rings. The summed E-state index contributed by atoms with van der Waals surface area (Å²) in [5.74, 6) is 0.0872. The van der Waals surface area contributed by atoms with Crippen molar-refractivity contribution in [1.29, 1.82) is 0 Å². The molecule has 0 saturated carbocycles. The van der Waals surface area contributed by atoms with Crippen molar-refractivity contribution < 1.29 is 9.72 Å². The zero-order chi connectivity index (χ0) is 11.9. The van der Waals surface area contributed by atoms with Crippen LogP contribution in [-0.4, -0.2) is 10.7 Å². The summed E-state index contributed by atoms with van der Waals surface area (Å²) in [5, 5.41) is 10.7. The van der Waals surface area contributed by atoms with Gasteiger partial charge in [-0.3, -0.25) is 14.9 Å². The Kier molecular flexibility index (Phi) is 2.30. The van der Waals surface area contributed by atoms with Gasteiger partial charge in [0.15, 0.2) is 5.78 Å². The molecule has 1 aliphatic carbocycles. The molecule has 0 aliphatic heterocycles. The molecule has 0 amide bonds. The zero-order valence-corrected chi connectivity index (χ0v) is 9.32. The maximum atomic E-state index is 11.7. The monoisotopic (exact) mass is 219 g/mol. The second-order valence-electron chi connectivity index (χ2n) is 4.79. The van der Waals surface area contributed by atoms with Crippen molar-refractivity contribution in [2.24, 2.45) is 0 Å². The number of hydrogen-bond acceptors (Lipinski definition) is 3. The Hall–Kier alpha value is -1.71. The fourth-order valence-electron chi connectivity index (χ4n) is 2.14. The topological polar surface area (TPSA) is 60.2 Å². The van der Waals surface area contributed by atoms with E-state index in [1.165, 1.54) is 12.1 Å². The molecule has 2 rings (SSSR count). The number of nitrogens with zero attached hydrogens (tertiary/aromatic N) is 1. The first kappa shape index (κ1) is 10.8. The molecular formula is C12H13NO3. The van der Waals surface area contributed by atoms with Gasteiger partial charge < -0.3 is 0 Å². The van der Waals surface area contributed by atoms with Crippen LogP contribution in [0.5, 0.6) is 0 Å². The van der Waals surface area contributed by atoms with Crippen molar-refractivity contribution in [2.45, 2.75) is 32.1 Å². The van der Waals surface area contributed by atoms with Crippen LogP contribution in [0.2, 0.25) is 0 Å². The van der Waals surface area contributed by atoms with E-state index in [1.807, 2.05) is 13.8 Å². The average Bonchev–Trinajstić information content (AvgIpc) is 2.23. The number of nitro groups is 1. The molecule has 0 atom stereocenters. The second-order valence-corrected chi connectivity index (χ2v) is 4.79. The van der Waals surface area contributed by atoms with E-state index in [4.69, 9.17) is 0 Å². The summed E-state index contributed by atoms with van der Waals surface area (Å²) in [6.45, 7) is 4.03. The van der Waals surface area contributed by atoms with Gasteiger partial charge >= 0.3 is 0 Å². The Bertz CT molecular complexity index is 477. The standard InChI is InChI=1S/C12H13NO3/c1-12(2)6-5-11(14)9-4-3-8(13(15)16)7-10(9)12/h3-4,7H,5-6H2,1-2H3. The third kappa shape index (κ3) is 1.60. The summed E-state index contributed by atoms with van der Waals surface area (Å²) >= 11 is 0. The predicted molar refractivity (Wildman–Crippen MR) is 59.7 cm³/mol. The van der Waals surface area contributed by atoms with Crippen LogP contribution in [0.4, 0.5) is 5.69 Å². The number of nitro benzene ring substituents is 1. The van der Waals surface area contributed by atoms with Gasteiger partial charge in [-0.1, -0.05) is 13.8 Å². The normalized spacial score (nSPS) is 18.0. The second kappa shape index (κ2) is 3.40. The highest BCUT2D eigenvalue weighted by Gasteiger charge is 2.32. The van der Waals surface area contributed by atoms with Gasteiger partial charge in [-0.2, -0.15) is 0 Å². The van der Waals surface area contributed by atoms with Crippen LogP contribution >= 0.6 is 0 Å². The molecule has 16 heavy (non-hydrogen) atoms. The molecule has 0 N–H and O–H groups in total. The number of hydrogen-bond donors (Lipinski definition) is 0. The van der Waals surface area contributed by atoms with Crippen molar-refractivity contribution in [3.8, 4) is 0 Å². The number of rotatable bonds is 1. The smallest absolute Gasteiger partial charge is 0.269 e. The van der Waals surface area contributed by atoms with Gasteiger partial charge in [-0.15, -0.1) is 0 Å². The summed E-state index contributed by atoms with van der Waals surface area (Å²) in [7, 11) is 0. The zero-order valence-electron chi connectivity index (χ0n) is 9.32. The fraction of sp³-hybridized carbons (Fsp3) is 0.417. The summed E-state index contributed by atoms with van der Waals surface area (Å²) in [4.78, 5) is 22.0. The third-order valence-electron chi connectivity index (χ3n) is 3.22. The largest absolute Gasteiger partial charge is 0.294 e. The number of ketones is 1. The average molecular weight is 219 g/mol. The lowest BCUT2D eigenvalue weighted by Gasteiger charge is -2.31. The fourth-order valence-corrected chi connectivity index (χ4v) is 2.14. The van der Waals surface area contributed by atoms with E-state index in [0.29, 0.717) is 12.0 Å². The van der Waals surface area contributed by atoms with Gasteiger partial charge in [0.25, 0.3) is 5.69 Å². The van der Waals surface area contributed by atoms with Crippen LogP contribution in [0.1, 0.15) is 42.6 Å². The lowest BCUT2D eigenvalue weighted by atomic mass is 9.72. The van der Waals surface area contributed by atoms with Gasteiger partial charge in [0.2, 0.25) is 0 Å². The van der Waals surface area contributed by atoms with E-state index in [0.717, 1.165) is 12.0 Å². The number of carbonyl (C=O) groups is 1. The summed E-state index contributed by atoms with van der Waals surface area (Å²) in [5.41, 5.74) is 1.34. The van der Waals surface area contributed by atoms with E-state index in [9.17, 15) is 14.9 Å². The maximum absolute atomic E-state index is 11.7. The number of non-ortho nitro benzene ring substituents is 1. The third-order valence-corrected chi connectivity index (χ3v) is 3.22. The molecule has 0 aromatic heterocycles. The van der Waals surface area contributed by atoms with E-state index >= 15 is 0 Å². The molecule has 1 aromatic rings. The molecule has 0 heterocycles. The van der Waals surface area contributed by atoms with Gasteiger partial charge in [0, 0.05) is 24.1 Å². The molecular weight excluding hydrogens is 206 g/mol. The first-order chi connectivity index (χ1) is 7.42. The molecule has 0 unspecified atom stereocenters. The molecule has 0 bridgehead atoms. The number of fused-ring (bicyclic) bond motifs is 1. The van der Waals surface area contributed by atoms with Crippen LogP contribution in [0, 0.1) is 10.1 Å². The van der Waals surface area contributed by atoms with Gasteiger partial charge in [-0.25, -0.2) is 0 Å². The number of Topliss-reactive ketones (excluding diaryl/α,β-unsaturated/α-hetero) is 1. The predicted octanol–water partition coefficient (Wildman–Crippen LogP) is 2.85. The van der Waals surface area contributed by atoms with Crippen molar-refractivity contribution in [3.63, 3.8) is 0 Å². The van der Waals surface area contributed by atoms with Crippen LogP contribution in [0.3, 0.4) is 0 Å². The van der Waals surface area contributed by atoms with E-state index in [2.05, 4.69) is 0 Å². The van der Waals surface area contributed by atoms with E-state index < -0.39 is 4.92 Å². The Balaban J connectivity index is 2.62. The van der Waals surface area contributed by atoms with Gasteiger partial charge in [-0.05, 0) is 23.5 Å². The molecule has 1 aromatic carbocycles. The Morgan fingerprint density at radius 1 is 1.38 bits per heavy atom. The molecule has 4 nitrogen and oxygen atoms in total. The Morgan fingerprint density at radius 3 is 2.69 bits per heavy atom. The molecule has 0 saturated heterocycles. The Morgan fingerprint density at radius 2 is 2.06 bits per heavy atom. The van der Waals surface area contributed by atoms with E-state index in [1.54, 1.807) is 6.07 Å². The van der Waals surface area contributed by atoms with Crippen molar-refractivity contribution in [2.75, 3.05) is 0 Å². The summed E-state index contributed by atoms with van der Waals surface area (Å²) < 4.78 is 0. The molecule has 1 aliphatic rings. The first-order valence-electron chi connectivity index (χ1n) is 5.24. The SMILES string of the molecule is CC1(C)CCC(=O)c2ccc([N+](=O)[O-])cc21. The lowest BCUT2D eigenvalue weighted by Crippen LogP contribution is -2.27.